The predicted molar refractivity (Wildman–Crippen MR) is 221 cm³/mol. The van der Waals surface area contributed by atoms with Gasteiger partial charge in [0.2, 0.25) is 0 Å². The van der Waals surface area contributed by atoms with Crippen LogP contribution in [-0.4, -0.2) is 49.3 Å². The minimum atomic E-state index is -0.387. The van der Waals surface area contributed by atoms with E-state index >= 15 is 0 Å². The van der Waals surface area contributed by atoms with Crippen molar-refractivity contribution in [2.75, 3.05) is 20.6 Å². The van der Waals surface area contributed by atoms with Crippen LogP contribution in [0.25, 0.3) is 0 Å². The Bertz CT molecular complexity index is 887. The first-order valence-electron chi connectivity index (χ1n) is 22.1. The normalized spacial score (nSPS) is 20.4. The van der Waals surface area contributed by atoms with Gasteiger partial charge in [0.1, 0.15) is 5.78 Å². The zero-order valence-corrected chi connectivity index (χ0v) is 34.2. The Balaban J connectivity index is 1.66. The maximum atomic E-state index is 12.7. The van der Waals surface area contributed by atoms with E-state index in [0.717, 1.165) is 51.5 Å². The number of Topliss-reactive ketones (excluding diaryl/α,β-unsaturated/α-hetero) is 1. The molecule has 0 spiro atoms. The summed E-state index contributed by atoms with van der Waals surface area (Å²) in [5.41, 5.74) is 0. The molecule has 1 saturated carbocycles. The molecule has 0 aromatic carbocycles. The van der Waals surface area contributed by atoms with Crippen LogP contribution >= 0.6 is 0 Å². The molecule has 0 amide bonds. The number of nitrogens with zero attached hydrogens (tertiary/aromatic N) is 1. The first-order chi connectivity index (χ1) is 25.0. The smallest absolute Gasteiger partial charge is 0.169 e. The number of carbonyl (C=O) groups excluding carboxylic acids is 1. The van der Waals surface area contributed by atoms with Crippen LogP contribution < -0.4 is 0 Å². The number of carbonyl (C=O) groups is 1. The van der Waals surface area contributed by atoms with Gasteiger partial charge in [-0.05, 0) is 110 Å². The van der Waals surface area contributed by atoms with E-state index in [0.29, 0.717) is 24.5 Å². The monoisotopic (exact) mass is 710 g/mol. The van der Waals surface area contributed by atoms with E-state index in [1.165, 1.54) is 128 Å². The van der Waals surface area contributed by atoms with Crippen LogP contribution in [0.5, 0.6) is 0 Å². The quantitative estimate of drug-likeness (QED) is 0.0492. The SMILES string of the molecule is CCCC/C=C\C/C=C\CCCCCCCCC1(CCCCCCCC/C=C\C/C=C\CCCC)O[C@H]2C[C@H](CC(=O)CCCN(C)C)C[C@H]2O1. The van der Waals surface area contributed by atoms with Gasteiger partial charge in [-0.3, -0.25) is 4.79 Å². The number of allylic oxidation sites excluding steroid dienone is 8. The topological polar surface area (TPSA) is 38.8 Å². The Kier molecular flexibility index (Phi) is 27.7. The van der Waals surface area contributed by atoms with Gasteiger partial charge in [-0.1, -0.05) is 140 Å². The molecular weight excluding hydrogens is 627 g/mol. The number of ketones is 1. The van der Waals surface area contributed by atoms with Crippen LogP contribution in [0.15, 0.2) is 48.6 Å². The summed E-state index contributed by atoms with van der Waals surface area (Å²) < 4.78 is 13.7. The zero-order chi connectivity index (χ0) is 36.7. The molecule has 1 heterocycles. The highest BCUT2D eigenvalue weighted by molar-refractivity contribution is 5.78. The Morgan fingerprint density at radius 1 is 0.569 bits per heavy atom. The van der Waals surface area contributed by atoms with Crippen LogP contribution in [0.3, 0.4) is 0 Å². The van der Waals surface area contributed by atoms with Gasteiger partial charge in [0.25, 0.3) is 0 Å². The standard InChI is InChI=1S/C47H83NO3/c1-5-7-9-11-13-15-17-19-21-23-25-27-29-31-33-37-47(38-34-32-30-28-26-24-22-20-18-16-14-12-10-8-6-2)50-45-41-43(42-46(45)51-47)40-44(49)36-35-39-48(3)4/h11-14,17-20,43,45-46H,5-10,15-16,21-42H2,1-4H3/b13-11-,14-12-,19-17-,20-18-/t43-,45-,46+. The lowest BCUT2D eigenvalue weighted by molar-refractivity contribution is -0.193. The lowest BCUT2D eigenvalue weighted by atomic mass is 9.97. The Morgan fingerprint density at radius 2 is 0.980 bits per heavy atom. The Morgan fingerprint density at radius 3 is 1.41 bits per heavy atom. The number of hydrogen-bond donors (Lipinski definition) is 0. The molecule has 0 radical (unpaired) electrons. The van der Waals surface area contributed by atoms with Crippen molar-refractivity contribution in [2.45, 2.75) is 218 Å². The third kappa shape index (κ3) is 23.7. The summed E-state index contributed by atoms with van der Waals surface area (Å²) in [5.74, 6) is 0.464. The van der Waals surface area contributed by atoms with Gasteiger partial charge >= 0.3 is 0 Å². The van der Waals surface area contributed by atoms with Crippen molar-refractivity contribution in [3.05, 3.63) is 48.6 Å². The third-order valence-electron chi connectivity index (χ3n) is 10.9. The first kappa shape index (κ1) is 45.7. The molecule has 4 nitrogen and oxygen atoms in total. The molecule has 4 heteroatoms. The van der Waals surface area contributed by atoms with Crippen LogP contribution in [0, 0.1) is 5.92 Å². The van der Waals surface area contributed by atoms with E-state index in [4.69, 9.17) is 9.47 Å². The maximum Gasteiger partial charge on any atom is 0.169 e. The van der Waals surface area contributed by atoms with E-state index in [1.807, 2.05) is 0 Å². The van der Waals surface area contributed by atoms with Gasteiger partial charge in [0.05, 0.1) is 12.2 Å². The molecule has 0 aromatic rings. The molecule has 0 aromatic heterocycles. The lowest BCUT2D eigenvalue weighted by Crippen LogP contribution is -2.32. The molecule has 2 fully saturated rings. The highest BCUT2D eigenvalue weighted by Gasteiger charge is 2.51. The summed E-state index contributed by atoms with van der Waals surface area (Å²) in [7, 11) is 4.16. The van der Waals surface area contributed by atoms with E-state index in [-0.39, 0.29) is 18.0 Å². The summed E-state index contributed by atoms with van der Waals surface area (Å²) in [6.07, 6.45) is 53.2. The molecule has 0 unspecified atom stereocenters. The zero-order valence-electron chi connectivity index (χ0n) is 34.2. The van der Waals surface area contributed by atoms with E-state index in [1.54, 1.807) is 0 Å². The molecule has 51 heavy (non-hydrogen) atoms. The highest BCUT2D eigenvalue weighted by Crippen LogP contribution is 2.46. The van der Waals surface area contributed by atoms with Crippen molar-refractivity contribution in [1.82, 2.24) is 4.90 Å². The molecule has 1 aliphatic heterocycles. The molecular formula is C47H83NO3. The Labute approximate surface area is 317 Å². The van der Waals surface area contributed by atoms with Gasteiger partial charge in [0.15, 0.2) is 5.79 Å². The van der Waals surface area contributed by atoms with E-state index in [2.05, 4.69) is 81.5 Å². The number of hydrogen-bond acceptors (Lipinski definition) is 4. The summed E-state index contributed by atoms with van der Waals surface area (Å²) in [4.78, 5) is 14.8. The number of ether oxygens (including phenoxy) is 2. The molecule has 2 rings (SSSR count). The first-order valence-corrected chi connectivity index (χ1v) is 22.1. The van der Waals surface area contributed by atoms with E-state index < -0.39 is 0 Å². The average molecular weight is 710 g/mol. The second-order valence-electron chi connectivity index (χ2n) is 16.2. The predicted octanol–water partition coefficient (Wildman–Crippen LogP) is 13.8. The van der Waals surface area contributed by atoms with Crippen molar-refractivity contribution in [3.8, 4) is 0 Å². The second kappa shape index (κ2) is 30.9. The van der Waals surface area contributed by atoms with Crippen molar-refractivity contribution < 1.29 is 14.3 Å². The lowest BCUT2D eigenvalue weighted by Gasteiger charge is -2.30. The van der Waals surface area contributed by atoms with Gasteiger partial charge in [-0.25, -0.2) is 0 Å². The van der Waals surface area contributed by atoms with Crippen molar-refractivity contribution >= 4 is 5.78 Å². The fraction of sp³-hybridized carbons (Fsp3) is 0.809. The average Bonchev–Trinajstić information content (AvgIpc) is 3.63. The molecule has 2 aliphatic rings. The van der Waals surface area contributed by atoms with Crippen molar-refractivity contribution in [1.29, 1.82) is 0 Å². The summed E-state index contributed by atoms with van der Waals surface area (Å²) in [5, 5.41) is 0. The van der Waals surface area contributed by atoms with Crippen LogP contribution in [0.1, 0.15) is 200 Å². The summed E-state index contributed by atoms with van der Waals surface area (Å²) in [6.45, 7) is 5.49. The van der Waals surface area contributed by atoms with Gasteiger partial charge in [-0.15, -0.1) is 0 Å². The Hall–Kier alpha value is -1.49. The van der Waals surface area contributed by atoms with Gasteiger partial charge in [0, 0.05) is 25.7 Å². The summed E-state index contributed by atoms with van der Waals surface area (Å²) >= 11 is 0. The molecule has 3 atom stereocenters. The van der Waals surface area contributed by atoms with Gasteiger partial charge in [-0.2, -0.15) is 0 Å². The van der Waals surface area contributed by atoms with Crippen LogP contribution in [0.4, 0.5) is 0 Å². The minimum Gasteiger partial charge on any atom is -0.344 e. The van der Waals surface area contributed by atoms with Gasteiger partial charge < -0.3 is 14.4 Å². The molecule has 1 aliphatic carbocycles. The molecule has 294 valence electrons. The summed E-state index contributed by atoms with van der Waals surface area (Å²) in [6, 6.07) is 0. The number of unbranched alkanes of at least 4 members (excludes halogenated alkanes) is 16. The number of fused-ring (bicyclic) bond motifs is 1. The molecule has 1 saturated heterocycles. The largest absolute Gasteiger partial charge is 0.344 e. The fourth-order valence-corrected chi connectivity index (χ4v) is 7.81. The van der Waals surface area contributed by atoms with Crippen LogP contribution in [-0.2, 0) is 14.3 Å². The molecule has 0 bridgehead atoms. The second-order valence-corrected chi connectivity index (χ2v) is 16.2. The van der Waals surface area contributed by atoms with Crippen molar-refractivity contribution in [3.63, 3.8) is 0 Å². The third-order valence-corrected chi connectivity index (χ3v) is 10.9. The maximum absolute atomic E-state index is 12.7. The van der Waals surface area contributed by atoms with Crippen LogP contribution in [0.2, 0.25) is 0 Å². The van der Waals surface area contributed by atoms with Crippen molar-refractivity contribution in [2.24, 2.45) is 5.92 Å². The molecule has 0 N–H and O–H groups in total. The fourth-order valence-electron chi connectivity index (χ4n) is 7.81. The number of rotatable bonds is 34. The van der Waals surface area contributed by atoms with E-state index in [9.17, 15) is 4.79 Å². The highest BCUT2D eigenvalue weighted by atomic mass is 16.8. The minimum absolute atomic E-state index is 0.185.